The summed E-state index contributed by atoms with van der Waals surface area (Å²) in [7, 11) is 0. The topological polar surface area (TPSA) is 67.2 Å². The highest BCUT2D eigenvalue weighted by Gasteiger charge is 2.25. The molecule has 1 saturated heterocycles. The van der Waals surface area contributed by atoms with Gasteiger partial charge in [-0.1, -0.05) is 11.6 Å². The monoisotopic (exact) mass is 360 g/mol. The summed E-state index contributed by atoms with van der Waals surface area (Å²) in [4.78, 5) is 4.61. The number of piperazine rings is 1. The van der Waals surface area contributed by atoms with Crippen LogP contribution in [0.2, 0.25) is 0 Å². The van der Waals surface area contributed by atoms with Crippen LogP contribution in [-0.4, -0.2) is 64.5 Å². The third-order valence-corrected chi connectivity index (χ3v) is 5.85. The molecular formula is C21H32N2O3. The second-order valence-corrected chi connectivity index (χ2v) is 7.81. The number of aromatic hydroxyl groups is 2. The van der Waals surface area contributed by atoms with Gasteiger partial charge in [-0.3, -0.25) is 9.80 Å². The van der Waals surface area contributed by atoms with Crippen molar-refractivity contribution < 1.29 is 15.3 Å². The molecule has 1 unspecified atom stereocenters. The van der Waals surface area contributed by atoms with Crippen LogP contribution in [0, 0.1) is 6.92 Å². The number of allylic oxidation sites excluding steroid dienone is 2. The number of hydrogen-bond donors (Lipinski definition) is 3. The van der Waals surface area contributed by atoms with Crippen LogP contribution in [0.5, 0.6) is 11.5 Å². The molecule has 1 aromatic rings. The molecule has 0 aromatic heterocycles. The van der Waals surface area contributed by atoms with Crippen LogP contribution in [0.4, 0.5) is 0 Å². The van der Waals surface area contributed by atoms with E-state index in [1.165, 1.54) is 5.57 Å². The standard InChI is InChI=1S/C21H32N2O3/c1-15-4-3-5-17(12-15)20-19(25)13-16(2)18(21(20)26)14-23-8-6-22(7-9-23)10-11-24/h12-13,17,24-26H,3-11,14H2,1-2H3. The molecule has 144 valence electrons. The lowest BCUT2D eigenvalue weighted by atomic mass is 9.83. The first-order valence-corrected chi connectivity index (χ1v) is 9.76. The molecule has 0 saturated carbocycles. The third kappa shape index (κ3) is 4.22. The van der Waals surface area contributed by atoms with Crippen LogP contribution in [0.15, 0.2) is 17.7 Å². The summed E-state index contributed by atoms with van der Waals surface area (Å²) >= 11 is 0. The number of β-amino-alcohol motifs (C(OH)–C–C–N with tert-alkyl or cyclic N) is 1. The highest BCUT2D eigenvalue weighted by atomic mass is 16.3. The van der Waals surface area contributed by atoms with E-state index in [1.54, 1.807) is 0 Å². The van der Waals surface area contributed by atoms with Crippen molar-refractivity contribution in [1.82, 2.24) is 9.80 Å². The van der Waals surface area contributed by atoms with Crippen LogP contribution in [0.3, 0.4) is 0 Å². The Morgan fingerprint density at radius 2 is 1.77 bits per heavy atom. The molecule has 2 aliphatic rings. The van der Waals surface area contributed by atoms with Crippen molar-refractivity contribution in [3.05, 3.63) is 34.4 Å². The highest BCUT2D eigenvalue weighted by Crippen LogP contribution is 2.43. The van der Waals surface area contributed by atoms with Gasteiger partial charge < -0.3 is 15.3 Å². The minimum atomic E-state index is 0.101. The average molecular weight is 360 g/mol. The van der Waals surface area contributed by atoms with Crippen molar-refractivity contribution in [2.45, 2.75) is 45.6 Å². The van der Waals surface area contributed by atoms with Crippen molar-refractivity contribution in [2.24, 2.45) is 0 Å². The summed E-state index contributed by atoms with van der Waals surface area (Å²) < 4.78 is 0. The Bertz CT molecular complexity index is 664. The Labute approximate surface area is 156 Å². The number of aliphatic hydroxyl groups is 1. The van der Waals surface area contributed by atoms with E-state index in [4.69, 9.17) is 5.11 Å². The molecule has 5 nitrogen and oxygen atoms in total. The van der Waals surface area contributed by atoms with Gasteiger partial charge in [0.2, 0.25) is 0 Å². The largest absolute Gasteiger partial charge is 0.507 e. The van der Waals surface area contributed by atoms with Crippen molar-refractivity contribution in [3.63, 3.8) is 0 Å². The molecule has 26 heavy (non-hydrogen) atoms. The fourth-order valence-corrected chi connectivity index (χ4v) is 4.28. The van der Waals surface area contributed by atoms with Gasteiger partial charge in [0.05, 0.1) is 6.61 Å². The van der Waals surface area contributed by atoms with E-state index in [9.17, 15) is 10.2 Å². The molecule has 1 aliphatic heterocycles. The number of hydrogen-bond acceptors (Lipinski definition) is 5. The first-order chi connectivity index (χ1) is 12.5. The minimum absolute atomic E-state index is 0.101. The molecule has 1 fully saturated rings. The van der Waals surface area contributed by atoms with E-state index < -0.39 is 0 Å². The zero-order valence-electron chi connectivity index (χ0n) is 16.0. The summed E-state index contributed by atoms with van der Waals surface area (Å²) in [6.07, 6.45) is 5.38. The van der Waals surface area contributed by atoms with Gasteiger partial charge in [-0.2, -0.15) is 0 Å². The smallest absolute Gasteiger partial charge is 0.127 e. The van der Waals surface area contributed by atoms with E-state index in [2.05, 4.69) is 22.8 Å². The van der Waals surface area contributed by atoms with E-state index in [1.807, 2.05) is 13.0 Å². The van der Waals surface area contributed by atoms with Crippen LogP contribution < -0.4 is 0 Å². The van der Waals surface area contributed by atoms with Crippen molar-refractivity contribution in [1.29, 1.82) is 0 Å². The van der Waals surface area contributed by atoms with Crippen molar-refractivity contribution in [3.8, 4) is 11.5 Å². The summed E-state index contributed by atoms with van der Waals surface area (Å²) in [5, 5.41) is 30.6. The molecule has 3 N–H and O–H groups in total. The van der Waals surface area contributed by atoms with Crippen LogP contribution >= 0.6 is 0 Å². The van der Waals surface area contributed by atoms with E-state index in [0.717, 1.165) is 63.1 Å². The summed E-state index contributed by atoms with van der Waals surface area (Å²) in [5.41, 5.74) is 3.91. The average Bonchev–Trinajstić information content (AvgIpc) is 2.60. The predicted molar refractivity (Wildman–Crippen MR) is 104 cm³/mol. The molecule has 1 aliphatic carbocycles. The maximum atomic E-state index is 11.0. The summed E-state index contributed by atoms with van der Waals surface area (Å²) in [5.74, 6) is 0.591. The first kappa shape index (κ1) is 19.2. The Morgan fingerprint density at radius 3 is 2.42 bits per heavy atom. The second kappa shape index (κ2) is 8.42. The highest BCUT2D eigenvalue weighted by molar-refractivity contribution is 5.55. The van der Waals surface area contributed by atoms with E-state index in [0.29, 0.717) is 12.1 Å². The Balaban J connectivity index is 1.80. The summed E-state index contributed by atoms with van der Waals surface area (Å²) in [6, 6.07) is 1.81. The Hall–Kier alpha value is -1.56. The molecule has 5 heteroatoms. The van der Waals surface area contributed by atoms with Gasteiger partial charge in [-0.15, -0.1) is 0 Å². The second-order valence-electron chi connectivity index (χ2n) is 7.81. The predicted octanol–water partition coefficient (Wildman–Crippen LogP) is 2.73. The third-order valence-electron chi connectivity index (χ3n) is 5.85. The number of aryl methyl sites for hydroxylation is 1. The van der Waals surface area contributed by atoms with Crippen LogP contribution in [0.1, 0.15) is 48.8 Å². The lowest BCUT2D eigenvalue weighted by Gasteiger charge is -2.35. The van der Waals surface area contributed by atoms with Crippen molar-refractivity contribution in [2.75, 3.05) is 39.3 Å². The fourth-order valence-electron chi connectivity index (χ4n) is 4.28. The minimum Gasteiger partial charge on any atom is -0.507 e. The van der Waals surface area contributed by atoms with Crippen LogP contribution in [-0.2, 0) is 6.54 Å². The van der Waals surface area contributed by atoms with Gasteiger partial charge in [-0.05, 0) is 44.7 Å². The molecule has 1 atom stereocenters. The molecule has 0 spiro atoms. The quantitative estimate of drug-likeness (QED) is 0.705. The fraction of sp³-hybridized carbons (Fsp3) is 0.619. The molecule has 1 aromatic carbocycles. The van der Waals surface area contributed by atoms with E-state index in [-0.39, 0.29) is 24.0 Å². The maximum Gasteiger partial charge on any atom is 0.127 e. The Morgan fingerprint density at radius 1 is 1.08 bits per heavy atom. The number of benzene rings is 1. The normalized spacial score (nSPS) is 22.4. The van der Waals surface area contributed by atoms with Gasteiger partial charge >= 0.3 is 0 Å². The lowest BCUT2D eigenvalue weighted by molar-refractivity contribution is 0.108. The maximum absolute atomic E-state index is 11.0. The first-order valence-electron chi connectivity index (χ1n) is 9.76. The number of phenolic OH excluding ortho intramolecular Hbond substituents is 2. The van der Waals surface area contributed by atoms with Gasteiger partial charge in [0.1, 0.15) is 11.5 Å². The number of phenols is 2. The summed E-state index contributed by atoms with van der Waals surface area (Å²) in [6.45, 7) is 9.46. The van der Waals surface area contributed by atoms with Gasteiger partial charge in [0, 0.05) is 56.3 Å². The molecular weight excluding hydrogens is 328 g/mol. The molecule has 3 rings (SSSR count). The van der Waals surface area contributed by atoms with E-state index >= 15 is 0 Å². The molecule has 0 radical (unpaired) electrons. The van der Waals surface area contributed by atoms with Crippen LogP contribution in [0.25, 0.3) is 0 Å². The zero-order valence-corrected chi connectivity index (χ0v) is 16.0. The zero-order chi connectivity index (χ0) is 18.7. The van der Waals surface area contributed by atoms with Crippen molar-refractivity contribution >= 4 is 0 Å². The Kier molecular flexibility index (Phi) is 6.22. The molecule has 0 amide bonds. The van der Waals surface area contributed by atoms with Gasteiger partial charge in [-0.25, -0.2) is 0 Å². The SMILES string of the molecule is CC1=CC(c2c(O)cc(C)c(CN3CCN(CCO)CC3)c2O)CCC1. The number of rotatable bonds is 5. The van der Waals surface area contributed by atoms with Gasteiger partial charge in [0.25, 0.3) is 0 Å². The molecule has 1 heterocycles. The van der Waals surface area contributed by atoms with Gasteiger partial charge in [0.15, 0.2) is 0 Å². The molecule has 0 bridgehead atoms. The number of nitrogens with zero attached hydrogens (tertiary/aromatic N) is 2. The lowest BCUT2D eigenvalue weighted by Crippen LogP contribution is -2.46. The number of aliphatic hydroxyl groups excluding tert-OH is 1.